The summed E-state index contributed by atoms with van der Waals surface area (Å²) in [6.07, 6.45) is -2.44. The van der Waals surface area contributed by atoms with Crippen molar-refractivity contribution in [1.29, 1.82) is 0 Å². The number of hydrogen-bond donors (Lipinski definition) is 1. The summed E-state index contributed by atoms with van der Waals surface area (Å²) in [7, 11) is 0. The van der Waals surface area contributed by atoms with Crippen molar-refractivity contribution in [2.75, 3.05) is 6.54 Å². The van der Waals surface area contributed by atoms with Gasteiger partial charge in [0.1, 0.15) is 5.75 Å². The second kappa shape index (κ2) is 5.69. The van der Waals surface area contributed by atoms with Crippen LogP contribution in [-0.4, -0.2) is 13.2 Å². The largest absolute Gasteiger partial charge is 0.434 e. The molecule has 0 aromatic heterocycles. The van der Waals surface area contributed by atoms with Crippen molar-refractivity contribution in [3.63, 3.8) is 0 Å². The van der Waals surface area contributed by atoms with Gasteiger partial charge >= 0.3 is 6.61 Å². The summed E-state index contributed by atoms with van der Waals surface area (Å²) in [4.78, 5) is 0. The Labute approximate surface area is 90.0 Å². The third kappa shape index (κ3) is 3.37. The van der Waals surface area contributed by atoms with E-state index in [1.165, 1.54) is 6.07 Å². The molecule has 16 heavy (non-hydrogen) atoms. The third-order valence-corrected chi connectivity index (χ3v) is 1.96. The van der Waals surface area contributed by atoms with Crippen molar-refractivity contribution in [3.8, 4) is 5.75 Å². The topological polar surface area (TPSA) is 35.2 Å². The summed E-state index contributed by atoms with van der Waals surface area (Å²) < 4.78 is 52.9. The minimum atomic E-state index is -3.11. The molecule has 1 rings (SSSR count). The maximum absolute atomic E-state index is 12.5. The van der Waals surface area contributed by atoms with Gasteiger partial charge in [-0.3, -0.25) is 0 Å². The number of rotatable bonds is 5. The van der Waals surface area contributed by atoms with Crippen LogP contribution in [0.1, 0.15) is 17.6 Å². The fraction of sp³-hybridized carbons (Fsp3) is 0.400. The summed E-state index contributed by atoms with van der Waals surface area (Å²) in [6, 6.07) is 3.68. The van der Waals surface area contributed by atoms with Crippen LogP contribution in [0.3, 0.4) is 0 Å². The number of alkyl halides is 4. The Balaban J connectivity index is 2.99. The first-order valence-corrected chi connectivity index (χ1v) is 4.60. The highest BCUT2D eigenvalue weighted by molar-refractivity contribution is 5.38. The lowest BCUT2D eigenvalue weighted by Gasteiger charge is -2.11. The van der Waals surface area contributed by atoms with Crippen LogP contribution in [0.5, 0.6) is 5.75 Å². The van der Waals surface area contributed by atoms with Gasteiger partial charge in [0.2, 0.25) is 0 Å². The Bertz CT molecular complexity index is 344. The molecule has 0 heterocycles. The Hall–Kier alpha value is -1.30. The van der Waals surface area contributed by atoms with Gasteiger partial charge < -0.3 is 10.5 Å². The Morgan fingerprint density at radius 1 is 1.19 bits per heavy atom. The maximum Gasteiger partial charge on any atom is 0.387 e. The van der Waals surface area contributed by atoms with Gasteiger partial charge in [0.15, 0.2) is 0 Å². The average Bonchev–Trinajstić information content (AvgIpc) is 2.19. The lowest BCUT2D eigenvalue weighted by atomic mass is 10.1. The van der Waals surface area contributed by atoms with E-state index in [0.29, 0.717) is 18.5 Å². The summed E-state index contributed by atoms with van der Waals surface area (Å²) in [5.74, 6) is -0.495. The van der Waals surface area contributed by atoms with Crippen LogP contribution in [0, 0.1) is 0 Å². The third-order valence-electron chi connectivity index (χ3n) is 1.96. The molecule has 1 aromatic rings. The number of benzene rings is 1. The van der Waals surface area contributed by atoms with Crippen LogP contribution < -0.4 is 10.5 Å². The van der Waals surface area contributed by atoms with E-state index in [1.807, 2.05) is 0 Å². The Morgan fingerprint density at radius 3 is 2.38 bits per heavy atom. The van der Waals surface area contributed by atoms with E-state index < -0.39 is 24.3 Å². The van der Waals surface area contributed by atoms with Crippen LogP contribution in [0.15, 0.2) is 18.2 Å². The van der Waals surface area contributed by atoms with E-state index >= 15 is 0 Å². The van der Waals surface area contributed by atoms with Crippen LogP contribution in [0.4, 0.5) is 17.6 Å². The smallest absolute Gasteiger partial charge is 0.387 e. The van der Waals surface area contributed by atoms with Gasteiger partial charge in [-0.2, -0.15) is 8.78 Å². The minimum Gasteiger partial charge on any atom is -0.434 e. The molecule has 0 bridgehead atoms. The molecule has 0 aliphatic heterocycles. The number of ether oxygens (including phenoxy) is 1. The lowest BCUT2D eigenvalue weighted by Crippen LogP contribution is -2.07. The molecule has 0 aliphatic carbocycles. The van der Waals surface area contributed by atoms with Gasteiger partial charge in [-0.15, -0.1) is 0 Å². The highest BCUT2D eigenvalue weighted by Crippen LogP contribution is 2.31. The Morgan fingerprint density at radius 2 is 1.88 bits per heavy atom. The summed E-state index contributed by atoms with van der Waals surface area (Å²) >= 11 is 0. The van der Waals surface area contributed by atoms with Gasteiger partial charge in [0, 0.05) is 0 Å². The van der Waals surface area contributed by atoms with E-state index in [0.717, 1.165) is 12.1 Å². The molecule has 0 radical (unpaired) electrons. The molecule has 0 saturated carbocycles. The van der Waals surface area contributed by atoms with Crippen LogP contribution in [-0.2, 0) is 6.42 Å². The standard InChI is InChI=1S/C10H11F4NO/c11-9(12)7-5-6(3-4-15)1-2-8(7)16-10(13)14/h1-2,5,9-10H,3-4,15H2. The lowest BCUT2D eigenvalue weighted by molar-refractivity contribution is -0.0519. The minimum absolute atomic E-state index is 0.303. The second-order valence-corrected chi connectivity index (χ2v) is 3.09. The van der Waals surface area contributed by atoms with Gasteiger partial charge in [-0.25, -0.2) is 8.78 Å². The molecule has 0 spiro atoms. The molecule has 0 fully saturated rings. The zero-order chi connectivity index (χ0) is 12.1. The van der Waals surface area contributed by atoms with Crippen LogP contribution >= 0.6 is 0 Å². The highest BCUT2D eigenvalue weighted by Gasteiger charge is 2.17. The zero-order valence-corrected chi connectivity index (χ0v) is 8.30. The monoisotopic (exact) mass is 237 g/mol. The molecule has 2 nitrogen and oxygen atoms in total. The molecule has 0 atom stereocenters. The quantitative estimate of drug-likeness (QED) is 0.799. The molecule has 0 amide bonds. The van der Waals surface area contributed by atoms with Crippen molar-refractivity contribution < 1.29 is 22.3 Å². The van der Waals surface area contributed by atoms with Crippen LogP contribution in [0.2, 0.25) is 0 Å². The van der Waals surface area contributed by atoms with Crippen molar-refractivity contribution in [2.45, 2.75) is 19.5 Å². The summed E-state index contributed by atoms with van der Waals surface area (Å²) in [5.41, 5.74) is 5.30. The number of nitrogens with two attached hydrogens (primary N) is 1. The van der Waals surface area contributed by atoms with Gasteiger partial charge in [0.05, 0.1) is 5.56 Å². The fourth-order valence-corrected chi connectivity index (χ4v) is 1.29. The molecule has 0 aliphatic rings. The average molecular weight is 237 g/mol. The van der Waals surface area contributed by atoms with Crippen molar-refractivity contribution >= 4 is 0 Å². The Kier molecular flexibility index (Phi) is 4.54. The second-order valence-electron chi connectivity index (χ2n) is 3.09. The van der Waals surface area contributed by atoms with Gasteiger partial charge in [-0.05, 0) is 30.7 Å². The van der Waals surface area contributed by atoms with Crippen molar-refractivity contribution in [3.05, 3.63) is 29.3 Å². The highest BCUT2D eigenvalue weighted by atomic mass is 19.3. The van der Waals surface area contributed by atoms with E-state index in [2.05, 4.69) is 4.74 Å². The molecule has 2 N–H and O–H groups in total. The molecule has 0 unspecified atom stereocenters. The summed E-state index contributed by atoms with van der Waals surface area (Å²) in [6.45, 7) is -2.81. The molecule has 6 heteroatoms. The number of halogens is 4. The zero-order valence-electron chi connectivity index (χ0n) is 8.30. The van der Waals surface area contributed by atoms with E-state index in [9.17, 15) is 17.6 Å². The van der Waals surface area contributed by atoms with Crippen LogP contribution in [0.25, 0.3) is 0 Å². The van der Waals surface area contributed by atoms with E-state index in [1.54, 1.807) is 0 Å². The molecular formula is C10H11F4NO. The van der Waals surface area contributed by atoms with Crippen molar-refractivity contribution in [1.82, 2.24) is 0 Å². The van der Waals surface area contributed by atoms with E-state index in [4.69, 9.17) is 5.73 Å². The molecule has 1 aromatic carbocycles. The normalized spacial score (nSPS) is 11.2. The maximum atomic E-state index is 12.5. The first-order valence-electron chi connectivity index (χ1n) is 4.60. The summed E-state index contributed by atoms with van der Waals surface area (Å²) in [5, 5.41) is 0. The molecular weight excluding hydrogens is 226 g/mol. The first-order chi connectivity index (χ1) is 7.54. The van der Waals surface area contributed by atoms with Crippen molar-refractivity contribution in [2.24, 2.45) is 5.73 Å². The van der Waals surface area contributed by atoms with E-state index in [-0.39, 0.29) is 0 Å². The first kappa shape index (κ1) is 12.8. The predicted octanol–water partition coefficient (Wildman–Crippen LogP) is 2.73. The molecule has 90 valence electrons. The fourth-order valence-electron chi connectivity index (χ4n) is 1.29. The number of hydrogen-bond acceptors (Lipinski definition) is 2. The molecule has 0 saturated heterocycles. The van der Waals surface area contributed by atoms with Gasteiger partial charge in [-0.1, -0.05) is 6.07 Å². The SMILES string of the molecule is NCCc1ccc(OC(F)F)c(C(F)F)c1. The van der Waals surface area contributed by atoms with Gasteiger partial charge in [0.25, 0.3) is 6.43 Å². The predicted molar refractivity (Wildman–Crippen MR) is 50.8 cm³/mol.